The van der Waals surface area contributed by atoms with Crippen LogP contribution in [0, 0.1) is 11.8 Å². The summed E-state index contributed by atoms with van der Waals surface area (Å²) in [5, 5.41) is 6.37. The molecule has 0 aromatic rings. The van der Waals surface area contributed by atoms with Crippen LogP contribution < -0.4 is 10.6 Å². The Hall–Kier alpha value is -0.610. The van der Waals surface area contributed by atoms with Gasteiger partial charge in [0.05, 0.1) is 6.10 Å². The molecule has 3 atom stereocenters. The highest BCUT2D eigenvalue weighted by Crippen LogP contribution is 2.16. The highest BCUT2D eigenvalue weighted by molar-refractivity contribution is 5.78. The summed E-state index contributed by atoms with van der Waals surface area (Å²) in [7, 11) is 1.70. The van der Waals surface area contributed by atoms with Crippen molar-refractivity contribution in [3.05, 3.63) is 0 Å². The minimum absolute atomic E-state index is 0.109. The monoisotopic (exact) mass is 242 g/mol. The summed E-state index contributed by atoms with van der Waals surface area (Å²) < 4.78 is 5.34. The second-order valence-electron chi connectivity index (χ2n) is 5.34. The van der Waals surface area contributed by atoms with E-state index >= 15 is 0 Å². The van der Waals surface area contributed by atoms with Gasteiger partial charge in [-0.1, -0.05) is 13.8 Å². The van der Waals surface area contributed by atoms with Crippen molar-refractivity contribution in [2.75, 3.05) is 20.2 Å². The maximum Gasteiger partial charge on any atom is 0.223 e. The molecular weight excluding hydrogens is 216 g/mol. The Morgan fingerprint density at radius 3 is 2.76 bits per heavy atom. The SMILES string of the molecule is COC(CNC(=O)[C@H]1CCN[C@@H](C)C1)C(C)C. The number of nitrogens with one attached hydrogen (secondary N) is 2. The molecule has 0 radical (unpaired) electrons. The van der Waals surface area contributed by atoms with Gasteiger partial charge in [0.2, 0.25) is 5.91 Å². The normalized spacial score (nSPS) is 26.9. The van der Waals surface area contributed by atoms with Crippen LogP contribution in [0.2, 0.25) is 0 Å². The summed E-state index contributed by atoms with van der Waals surface area (Å²) in [6, 6.07) is 0.447. The second-order valence-corrected chi connectivity index (χ2v) is 5.34. The molecule has 100 valence electrons. The van der Waals surface area contributed by atoms with Crippen LogP contribution in [-0.2, 0) is 9.53 Å². The number of methoxy groups -OCH3 is 1. The third-order valence-corrected chi connectivity index (χ3v) is 3.52. The molecule has 1 saturated heterocycles. The van der Waals surface area contributed by atoms with Gasteiger partial charge in [0.15, 0.2) is 0 Å². The first kappa shape index (κ1) is 14.5. The molecular formula is C13H26N2O2. The van der Waals surface area contributed by atoms with E-state index in [-0.39, 0.29) is 17.9 Å². The lowest BCUT2D eigenvalue weighted by Crippen LogP contribution is -2.44. The molecule has 1 unspecified atom stereocenters. The second kappa shape index (κ2) is 6.97. The fourth-order valence-electron chi connectivity index (χ4n) is 2.31. The van der Waals surface area contributed by atoms with Crippen LogP contribution in [0.5, 0.6) is 0 Å². The summed E-state index contributed by atoms with van der Waals surface area (Å²) in [5.74, 6) is 0.768. The predicted octanol–water partition coefficient (Wildman–Crippen LogP) is 1.16. The number of hydrogen-bond acceptors (Lipinski definition) is 3. The van der Waals surface area contributed by atoms with Gasteiger partial charge in [0.25, 0.3) is 0 Å². The van der Waals surface area contributed by atoms with Crippen LogP contribution in [0.1, 0.15) is 33.6 Å². The van der Waals surface area contributed by atoms with Crippen LogP contribution in [0.25, 0.3) is 0 Å². The van der Waals surface area contributed by atoms with E-state index in [1.807, 2.05) is 0 Å². The van der Waals surface area contributed by atoms with Crippen molar-refractivity contribution in [3.63, 3.8) is 0 Å². The maximum atomic E-state index is 12.0. The van der Waals surface area contributed by atoms with Gasteiger partial charge < -0.3 is 15.4 Å². The average Bonchev–Trinajstić information content (AvgIpc) is 2.29. The van der Waals surface area contributed by atoms with Crippen LogP contribution in [0.4, 0.5) is 0 Å². The lowest BCUT2D eigenvalue weighted by atomic mass is 9.92. The van der Waals surface area contributed by atoms with Gasteiger partial charge in [-0.05, 0) is 32.2 Å². The van der Waals surface area contributed by atoms with Crippen molar-refractivity contribution < 1.29 is 9.53 Å². The van der Waals surface area contributed by atoms with E-state index in [9.17, 15) is 4.79 Å². The zero-order valence-electron chi connectivity index (χ0n) is 11.5. The quantitative estimate of drug-likeness (QED) is 0.760. The molecule has 1 rings (SSSR count). The summed E-state index contributed by atoms with van der Waals surface area (Å²) in [6.07, 6.45) is 1.98. The Bertz CT molecular complexity index is 244. The first-order valence-electron chi connectivity index (χ1n) is 6.58. The first-order valence-corrected chi connectivity index (χ1v) is 6.58. The molecule has 2 N–H and O–H groups in total. The molecule has 1 aliphatic rings. The van der Waals surface area contributed by atoms with Gasteiger partial charge in [-0.15, -0.1) is 0 Å². The van der Waals surface area contributed by atoms with E-state index in [2.05, 4.69) is 31.4 Å². The number of rotatable bonds is 5. The highest BCUT2D eigenvalue weighted by atomic mass is 16.5. The molecule has 0 bridgehead atoms. The molecule has 4 heteroatoms. The minimum atomic E-state index is 0.109. The molecule has 0 spiro atoms. The minimum Gasteiger partial charge on any atom is -0.379 e. The summed E-state index contributed by atoms with van der Waals surface area (Å²) in [4.78, 5) is 12.0. The fraction of sp³-hybridized carbons (Fsp3) is 0.923. The zero-order chi connectivity index (χ0) is 12.8. The standard InChI is InChI=1S/C13H26N2O2/c1-9(2)12(17-4)8-15-13(16)11-5-6-14-10(3)7-11/h9-12,14H,5-8H2,1-4H3,(H,15,16)/t10-,11-,12?/m0/s1. The largest absolute Gasteiger partial charge is 0.379 e. The highest BCUT2D eigenvalue weighted by Gasteiger charge is 2.25. The number of hydrogen-bond donors (Lipinski definition) is 2. The summed E-state index contributed by atoms with van der Waals surface area (Å²) in [5.41, 5.74) is 0. The molecule has 1 amide bonds. The lowest BCUT2D eigenvalue weighted by molar-refractivity contribution is -0.126. The van der Waals surface area contributed by atoms with Crippen molar-refractivity contribution in [3.8, 4) is 0 Å². The van der Waals surface area contributed by atoms with Crippen molar-refractivity contribution in [1.82, 2.24) is 10.6 Å². The summed E-state index contributed by atoms with van der Waals surface area (Å²) >= 11 is 0. The van der Waals surface area contributed by atoms with Crippen molar-refractivity contribution >= 4 is 5.91 Å². The third-order valence-electron chi connectivity index (χ3n) is 3.52. The molecule has 0 aliphatic carbocycles. The van der Waals surface area contributed by atoms with Gasteiger partial charge in [-0.25, -0.2) is 0 Å². The van der Waals surface area contributed by atoms with E-state index in [1.54, 1.807) is 7.11 Å². The van der Waals surface area contributed by atoms with Gasteiger partial charge in [0, 0.05) is 25.6 Å². The van der Waals surface area contributed by atoms with Gasteiger partial charge in [-0.3, -0.25) is 4.79 Å². The van der Waals surface area contributed by atoms with Crippen LogP contribution in [0.3, 0.4) is 0 Å². The Kier molecular flexibility index (Phi) is 5.92. The number of ether oxygens (including phenoxy) is 1. The van der Waals surface area contributed by atoms with Gasteiger partial charge in [0.1, 0.15) is 0 Å². The van der Waals surface area contributed by atoms with E-state index in [4.69, 9.17) is 4.74 Å². The number of amides is 1. The third kappa shape index (κ3) is 4.64. The van der Waals surface area contributed by atoms with Crippen LogP contribution in [-0.4, -0.2) is 38.3 Å². The fourth-order valence-corrected chi connectivity index (χ4v) is 2.31. The van der Waals surface area contributed by atoms with E-state index in [0.717, 1.165) is 19.4 Å². The molecule has 17 heavy (non-hydrogen) atoms. The van der Waals surface area contributed by atoms with Crippen molar-refractivity contribution in [1.29, 1.82) is 0 Å². The van der Waals surface area contributed by atoms with Crippen LogP contribution >= 0.6 is 0 Å². The van der Waals surface area contributed by atoms with Crippen molar-refractivity contribution in [2.24, 2.45) is 11.8 Å². The molecule has 1 heterocycles. The number of carbonyl (C=O) groups excluding carboxylic acids is 1. The summed E-state index contributed by atoms with van der Waals surface area (Å²) in [6.45, 7) is 7.90. The number of piperidine rings is 1. The van der Waals surface area contributed by atoms with Crippen molar-refractivity contribution in [2.45, 2.75) is 45.8 Å². The Morgan fingerprint density at radius 1 is 1.53 bits per heavy atom. The first-order chi connectivity index (χ1) is 8.04. The van der Waals surface area contributed by atoms with Crippen LogP contribution in [0.15, 0.2) is 0 Å². The zero-order valence-corrected chi connectivity index (χ0v) is 11.5. The predicted molar refractivity (Wildman–Crippen MR) is 68.8 cm³/mol. The van der Waals surface area contributed by atoms with Gasteiger partial charge >= 0.3 is 0 Å². The molecule has 0 saturated carbocycles. The van der Waals surface area contributed by atoms with Gasteiger partial charge in [-0.2, -0.15) is 0 Å². The Morgan fingerprint density at radius 2 is 2.24 bits per heavy atom. The smallest absolute Gasteiger partial charge is 0.223 e. The molecule has 1 fully saturated rings. The molecule has 0 aromatic carbocycles. The lowest BCUT2D eigenvalue weighted by Gasteiger charge is -2.28. The molecule has 1 aliphatic heterocycles. The van der Waals surface area contributed by atoms with E-state index < -0.39 is 0 Å². The maximum absolute atomic E-state index is 12.0. The van der Waals surface area contributed by atoms with E-state index in [0.29, 0.717) is 18.5 Å². The Labute approximate surface area is 104 Å². The van der Waals surface area contributed by atoms with E-state index in [1.165, 1.54) is 0 Å². The number of carbonyl (C=O) groups is 1. The average molecular weight is 242 g/mol. The Balaban J connectivity index is 2.33. The molecule has 4 nitrogen and oxygen atoms in total. The topological polar surface area (TPSA) is 50.4 Å². The molecule has 0 aromatic heterocycles.